The first-order valence-electron chi connectivity index (χ1n) is 8.31. The maximum Gasteiger partial charge on any atom is 0.240 e. The molecule has 6 heteroatoms. The Morgan fingerprint density at radius 3 is 2.65 bits per heavy atom. The van der Waals surface area contributed by atoms with Crippen molar-refractivity contribution in [1.29, 1.82) is 0 Å². The van der Waals surface area contributed by atoms with Crippen molar-refractivity contribution in [3.05, 3.63) is 29.8 Å². The SMILES string of the molecule is C[C@H]1CCCN([C@@H](C)CNS(=O)(=O)c2ccc(CCCl)cc2)C1. The van der Waals surface area contributed by atoms with Crippen LogP contribution < -0.4 is 4.72 Å². The lowest BCUT2D eigenvalue weighted by Crippen LogP contribution is -2.46. The molecule has 0 radical (unpaired) electrons. The Labute approximate surface area is 145 Å². The molecule has 2 rings (SSSR count). The zero-order chi connectivity index (χ0) is 16.9. The standard InChI is InChI=1S/C17H27ClN2O2S/c1-14-4-3-11-20(13-14)15(2)12-19-23(21,22)17-7-5-16(6-8-17)9-10-18/h5-8,14-15,19H,3-4,9-13H2,1-2H3/t14-,15-/m0/s1. The third-order valence-corrected chi connectivity index (χ3v) is 6.13. The maximum atomic E-state index is 12.4. The second-order valence-corrected chi connectivity index (χ2v) is 8.67. The van der Waals surface area contributed by atoms with Crippen molar-refractivity contribution >= 4 is 21.6 Å². The van der Waals surface area contributed by atoms with Crippen LogP contribution >= 0.6 is 11.6 Å². The van der Waals surface area contributed by atoms with Gasteiger partial charge in [0.2, 0.25) is 10.0 Å². The largest absolute Gasteiger partial charge is 0.299 e. The van der Waals surface area contributed by atoms with E-state index in [0.717, 1.165) is 25.1 Å². The number of hydrogen-bond acceptors (Lipinski definition) is 3. The Morgan fingerprint density at radius 1 is 1.35 bits per heavy atom. The van der Waals surface area contributed by atoms with Crippen molar-refractivity contribution < 1.29 is 8.42 Å². The summed E-state index contributed by atoms with van der Waals surface area (Å²) in [5.41, 5.74) is 1.05. The van der Waals surface area contributed by atoms with Gasteiger partial charge in [-0.15, -0.1) is 11.6 Å². The summed E-state index contributed by atoms with van der Waals surface area (Å²) < 4.78 is 27.5. The van der Waals surface area contributed by atoms with E-state index in [1.807, 2.05) is 12.1 Å². The number of nitrogens with one attached hydrogen (secondary N) is 1. The Bertz CT molecular complexity index is 589. The lowest BCUT2D eigenvalue weighted by atomic mass is 9.99. The van der Waals surface area contributed by atoms with Crippen molar-refractivity contribution in [2.45, 2.75) is 44.0 Å². The molecule has 1 heterocycles. The predicted molar refractivity (Wildman–Crippen MR) is 95.5 cm³/mol. The lowest BCUT2D eigenvalue weighted by Gasteiger charge is -2.35. The van der Waals surface area contributed by atoms with Crippen molar-refractivity contribution in [2.75, 3.05) is 25.5 Å². The fraction of sp³-hybridized carbons (Fsp3) is 0.647. The van der Waals surface area contributed by atoms with Crippen molar-refractivity contribution in [3.8, 4) is 0 Å². The molecule has 130 valence electrons. The molecule has 0 aromatic heterocycles. The smallest absolute Gasteiger partial charge is 0.240 e. The van der Waals surface area contributed by atoms with Gasteiger partial charge in [0.15, 0.2) is 0 Å². The van der Waals surface area contributed by atoms with Gasteiger partial charge in [0, 0.05) is 25.0 Å². The first-order chi connectivity index (χ1) is 10.9. The van der Waals surface area contributed by atoms with Gasteiger partial charge in [-0.25, -0.2) is 13.1 Å². The molecule has 0 aliphatic carbocycles. The number of halogens is 1. The van der Waals surface area contributed by atoms with Gasteiger partial charge in [-0.3, -0.25) is 4.90 Å². The van der Waals surface area contributed by atoms with Gasteiger partial charge < -0.3 is 0 Å². The second-order valence-electron chi connectivity index (χ2n) is 6.53. The van der Waals surface area contributed by atoms with Crippen LogP contribution in [-0.2, 0) is 16.4 Å². The number of likely N-dealkylation sites (tertiary alicyclic amines) is 1. The van der Waals surface area contributed by atoms with Gasteiger partial charge in [-0.1, -0.05) is 19.1 Å². The molecule has 1 aliphatic rings. The van der Waals surface area contributed by atoms with Crippen LogP contribution in [0.15, 0.2) is 29.2 Å². The molecule has 1 aliphatic heterocycles. The summed E-state index contributed by atoms with van der Waals surface area (Å²) in [5, 5.41) is 0. The number of alkyl halides is 1. The fourth-order valence-corrected chi connectivity index (χ4v) is 4.35. The van der Waals surface area contributed by atoms with E-state index in [9.17, 15) is 8.42 Å². The molecule has 1 aromatic carbocycles. The van der Waals surface area contributed by atoms with Crippen LogP contribution in [0.1, 0.15) is 32.3 Å². The number of aryl methyl sites for hydroxylation is 1. The third-order valence-electron chi connectivity index (χ3n) is 4.50. The molecular weight excluding hydrogens is 332 g/mol. The first kappa shape index (κ1) is 18.7. The highest BCUT2D eigenvalue weighted by molar-refractivity contribution is 7.89. The molecule has 0 spiro atoms. The number of piperidine rings is 1. The summed E-state index contributed by atoms with van der Waals surface area (Å²) in [6, 6.07) is 7.16. The van der Waals surface area contributed by atoms with Gasteiger partial charge >= 0.3 is 0 Å². The topological polar surface area (TPSA) is 49.4 Å². The summed E-state index contributed by atoms with van der Waals surface area (Å²) in [6.07, 6.45) is 3.21. The van der Waals surface area contributed by atoms with Crippen LogP contribution in [0.4, 0.5) is 0 Å². The van der Waals surface area contributed by atoms with Crippen molar-refractivity contribution in [2.24, 2.45) is 5.92 Å². The monoisotopic (exact) mass is 358 g/mol. The van der Waals surface area contributed by atoms with Crippen LogP contribution in [0, 0.1) is 5.92 Å². The number of nitrogens with zero attached hydrogens (tertiary/aromatic N) is 1. The fourth-order valence-electron chi connectivity index (χ4n) is 3.01. The highest BCUT2D eigenvalue weighted by Gasteiger charge is 2.22. The highest BCUT2D eigenvalue weighted by Crippen LogP contribution is 2.18. The van der Waals surface area contributed by atoms with Crippen LogP contribution in [0.2, 0.25) is 0 Å². The van der Waals surface area contributed by atoms with Crippen molar-refractivity contribution in [1.82, 2.24) is 9.62 Å². The minimum absolute atomic E-state index is 0.211. The zero-order valence-corrected chi connectivity index (χ0v) is 15.5. The van der Waals surface area contributed by atoms with Crippen molar-refractivity contribution in [3.63, 3.8) is 0 Å². The highest BCUT2D eigenvalue weighted by atomic mass is 35.5. The molecule has 1 fully saturated rings. The summed E-state index contributed by atoms with van der Waals surface area (Å²) >= 11 is 5.70. The van der Waals surface area contributed by atoms with Gasteiger partial charge in [-0.2, -0.15) is 0 Å². The Morgan fingerprint density at radius 2 is 2.04 bits per heavy atom. The summed E-state index contributed by atoms with van der Waals surface area (Å²) in [7, 11) is -3.45. The minimum Gasteiger partial charge on any atom is -0.299 e. The predicted octanol–water partition coefficient (Wildman–Crippen LogP) is 2.87. The molecular formula is C17H27ClN2O2S. The lowest BCUT2D eigenvalue weighted by molar-refractivity contribution is 0.140. The molecule has 0 bridgehead atoms. The molecule has 0 saturated carbocycles. The van der Waals surface area contributed by atoms with Crippen LogP contribution in [0.25, 0.3) is 0 Å². The van der Waals surface area contributed by atoms with Crippen LogP contribution in [0.5, 0.6) is 0 Å². The normalized spacial score (nSPS) is 21.3. The van der Waals surface area contributed by atoms with E-state index >= 15 is 0 Å². The molecule has 1 aromatic rings. The zero-order valence-electron chi connectivity index (χ0n) is 14.0. The average molecular weight is 359 g/mol. The second kappa shape index (κ2) is 8.47. The number of hydrogen-bond donors (Lipinski definition) is 1. The van der Waals surface area contributed by atoms with E-state index in [2.05, 4.69) is 23.5 Å². The Balaban J connectivity index is 1.92. The number of rotatable bonds is 7. The minimum atomic E-state index is -3.45. The summed E-state index contributed by atoms with van der Waals surface area (Å²) in [4.78, 5) is 2.69. The van der Waals surface area contributed by atoms with E-state index in [1.165, 1.54) is 12.8 Å². The van der Waals surface area contributed by atoms with Crippen LogP contribution in [-0.4, -0.2) is 44.9 Å². The summed E-state index contributed by atoms with van der Waals surface area (Å²) in [5.74, 6) is 1.23. The molecule has 4 nitrogen and oxygen atoms in total. The van der Waals surface area contributed by atoms with Gasteiger partial charge in [0.1, 0.15) is 0 Å². The Hall–Kier alpha value is -0.620. The van der Waals surface area contributed by atoms with E-state index in [0.29, 0.717) is 23.2 Å². The average Bonchev–Trinajstić information content (AvgIpc) is 2.53. The molecule has 0 amide bonds. The molecule has 0 unspecified atom stereocenters. The van der Waals surface area contributed by atoms with E-state index < -0.39 is 10.0 Å². The Kier molecular flexibility index (Phi) is 6.89. The number of sulfonamides is 1. The number of benzene rings is 1. The summed E-state index contributed by atoms with van der Waals surface area (Å²) in [6.45, 7) is 6.89. The molecule has 23 heavy (non-hydrogen) atoms. The van der Waals surface area contributed by atoms with E-state index in [-0.39, 0.29) is 6.04 Å². The van der Waals surface area contributed by atoms with Gasteiger partial charge in [0.25, 0.3) is 0 Å². The quantitative estimate of drug-likeness (QED) is 0.762. The molecule has 2 atom stereocenters. The molecule has 1 N–H and O–H groups in total. The maximum absolute atomic E-state index is 12.4. The van der Waals surface area contributed by atoms with E-state index in [4.69, 9.17) is 11.6 Å². The van der Waals surface area contributed by atoms with Gasteiger partial charge in [-0.05, 0) is 56.3 Å². The van der Waals surface area contributed by atoms with E-state index in [1.54, 1.807) is 12.1 Å². The third kappa shape index (κ3) is 5.45. The first-order valence-corrected chi connectivity index (χ1v) is 10.3. The molecule has 1 saturated heterocycles. The van der Waals surface area contributed by atoms with Gasteiger partial charge in [0.05, 0.1) is 4.90 Å². The van der Waals surface area contributed by atoms with Crippen LogP contribution in [0.3, 0.4) is 0 Å².